The average Bonchev–Trinajstić information content (AvgIpc) is 2.94. The van der Waals surface area contributed by atoms with Crippen LogP contribution in [0.4, 0.5) is 5.69 Å². The zero-order chi connectivity index (χ0) is 24.9. The van der Waals surface area contributed by atoms with Crippen molar-refractivity contribution in [2.24, 2.45) is 0 Å². The molecule has 1 heterocycles. The number of nitrogens with zero attached hydrogens (tertiary/aromatic N) is 2. The molecule has 1 unspecified atom stereocenters. The molecule has 5 rings (SSSR count). The second kappa shape index (κ2) is 10.6. The maximum absolute atomic E-state index is 5.21. The lowest BCUT2D eigenvalue weighted by atomic mass is 9.91. The summed E-state index contributed by atoms with van der Waals surface area (Å²) in [7, 11) is 2.17. The van der Waals surface area contributed by atoms with Crippen LogP contribution in [-0.4, -0.2) is 12.0 Å². The summed E-state index contributed by atoms with van der Waals surface area (Å²) in [4.78, 5) is 7.56. The molecule has 0 bridgehead atoms. The van der Waals surface area contributed by atoms with Crippen molar-refractivity contribution in [2.45, 2.75) is 25.8 Å². The SMILES string of the molecule is CC(C)c1ccc(N(C)C(c2cccc(-c3ccccc3)n2)c2ccccc2-c2ccccc2)cc1. The summed E-state index contributed by atoms with van der Waals surface area (Å²) < 4.78 is 0. The molecule has 0 amide bonds. The normalized spacial score (nSPS) is 11.9. The predicted octanol–water partition coefficient (Wildman–Crippen LogP) is 8.76. The second-order valence-corrected chi connectivity index (χ2v) is 9.53. The fourth-order valence-electron chi connectivity index (χ4n) is 4.80. The summed E-state index contributed by atoms with van der Waals surface area (Å²) in [5.74, 6) is 0.503. The molecule has 5 aromatic rings. The van der Waals surface area contributed by atoms with Gasteiger partial charge in [0.25, 0.3) is 0 Å². The largest absolute Gasteiger partial charge is 0.362 e. The summed E-state index contributed by atoms with van der Waals surface area (Å²) in [5, 5.41) is 0. The van der Waals surface area contributed by atoms with E-state index >= 15 is 0 Å². The van der Waals surface area contributed by atoms with Gasteiger partial charge in [0, 0.05) is 18.3 Å². The Morgan fingerprint density at radius 1 is 0.583 bits per heavy atom. The molecular formula is C34H32N2. The molecule has 2 nitrogen and oxygen atoms in total. The van der Waals surface area contributed by atoms with Crippen molar-refractivity contribution in [2.75, 3.05) is 11.9 Å². The third-order valence-electron chi connectivity index (χ3n) is 6.81. The zero-order valence-corrected chi connectivity index (χ0v) is 21.2. The molecule has 0 saturated carbocycles. The van der Waals surface area contributed by atoms with E-state index < -0.39 is 0 Å². The van der Waals surface area contributed by atoms with Crippen molar-refractivity contribution in [1.29, 1.82) is 0 Å². The molecule has 1 aromatic heterocycles. The van der Waals surface area contributed by atoms with Crippen LogP contribution in [0.15, 0.2) is 127 Å². The zero-order valence-electron chi connectivity index (χ0n) is 21.2. The lowest BCUT2D eigenvalue weighted by molar-refractivity contribution is 0.757. The van der Waals surface area contributed by atoms with Crippen LogP contribution in [0, 0.1) is 0 Å². The van der Waals surface area contributed by atoms with Crippen molar-refractivity contribution in [1.82, 2.24) is 4.98 Å². The molecule has 36 heavy (non-hydrogen) atoms. The Morgan fingerprint density at radius 3 is 1.86 bits per heavy atom. The van der Waals surface area contributed by atoms with Crippen LogP contribution in [0.1, 0.15) is 42.6 Å². The number of benzene rings is 4. The van der Waals surface area contributed by atoms with E-state index in [1.54, 1.807) is 0 Å². The summed E-state index contributed by atoms with van der Waals surface area (Å²) in [6.45, 7) is 4.47. The fraction of sp³-hybridized carbons (Fsp3) is 0.147. The molecule has 0 N–H and O–H groups in total. The van der Waals surface area contributed by atoms with E-state index in [0.29, 0.717) is 5.92 Å². The highest BCUT2D eigenvalue weighted by atomic mass is 15.1. The molecule has 2 heteroatoms. The number of anilines is 1. The topological polar surface area (TPSA) is 16.1 Å². The first-order valence-electron chi connectivity index (χ1n) is 12.6. The third-order valence-corrected chi connectivity index (χ3v) is 6.81. The number of pyridine rings is 1. The Morgan fingerprint density at radius 2 is 1.19 bits per heavy atom. The van der Waals surface area contributed by atoms with Crippen LogP contribution in [0.5, 0.6) is 0 Å². The number of rotatable bonds is 7. The summed E-state index contributed by atoms with van der Waals surface area (Å²) in [6, 6.07) is 45.0. The van der Waals surface area contributed by atoms with E-state index in [4.69, 9.17) is 4.98 Å². The number of hydrogen-bond acceptors (Lipinski definition) is 2. The molecule has 0 aliphatic carbocycles. The third kappa shape index (κ3) is 4.94. The van der Waals surface area contributed by atoms with E-state index in [1.807, 2.05) is 6.07 Å². The van der Waals surface area contributed by atoms with E-state index in [1.165, 1.54) is 27.9 Å². The summed E-state index contributed by atoms with van der Waals surface area (Å²) in [6.07, 6.45) is 0. The maximum Gasteiger partial charge on any atom is 0.0969 e. The first kappa shape index (κ1) is 23.6. The van der Waals surface area contributed by atoms with Crippen LogP contribution in [0.3, 0.4) is 0 Å². The van der Waals surface area contributed by atoms with Crippen molar-refractivity contribution < 1.29 is 0 Å². The molecule has 178 valence electrons. The fourth-order valence-corrected chi connectivity index (χ4v) is 4.80. The number of aromatic nitrogens is 1. The molecule has 0 aliphatic heterocycles. The van der Waals surface area contributed by atoms with Gasteiger partial charge in [0.1, 0.15) is 0 Å². The van der Waals surface area contributed by atoms with E-state index in [2.05, 4.69) is 147 Å². The Bertz CT molecular complexity index is 1410. The number of hydrogen-bond donors (Lipinski definition) is 0. The van der Waals surface area contributed by atoms with Gasteiger partial charge in [-0.1, -0.05) is 117 Å². The quantitative estimate of drug-likeness (QED) is 0.237. The van der Waals surface area contributed by atoms with Gasteiger partial charge in [0.15, 0.2) is 0 Å². The Hall–Kier alpha value is -4.17. The lowest BCUT2D eigenvalue weighted by Gasteiger charge is -2.32. The van der Waals surface area contributed by atoms with Crippen LogP contribution < -0.4 is 4.90 Å². The first-order valence-corrected chi connectivity index (χ1v) is 12.6. The van der Waals surface area contributed by atoms with Gasteiger partial charge in [-0.15, -0.1) is 0 Å². The van der Waals surface area contributed by atoms with Crippen molar-refractivity contribution in [3.63, 3.8) is 0 Å². The van der Waals surface area contributed by atoms with Crippen LogP contribution in [0.2, 0.25) is 0 Å². The van der Waals surface area contributed by atoms with Crippen LogP contribution in [0.25, 0.3) is 22.4 Å². The molecule has 0 radical (unpaired) electrons. The maximum atomic E-state index is 5.21. The van der Waals surface area contributed by atoms with Crippen LogP contribution in [-0.2, 0) is 0 Å². The minimum absolute atomic E-state index is 0.0602. The molecule has 4 aromatic carbocycles. The Balaban J connectivity index is 1.66. The summed E-state index contributed by atoms with van der Waals surface area (Å²) >= 11 is 0. The second-order valence-electron chi connectivity index (χ2n) is 9.53. The van der Waals surface area contributed by atoms with E-state index in [9.17, 15) is 0 Å². The molecule has 1 atom stereocenters. The monoisotopic (exact) mass is 468 g/mol. The molecular weight excluding hydrogens is 436 g/mol. The van der Waals surface area contributed by atoms with Crippen molar-refractivity contribution in [3.05, 3.63) is 144 Å². The van der Waals surface area contributed by atoms with E-state index in [0.717, 1.165) is 17.0 Å². The van der Waals surface area contributed by atoms with E-state index in [-0.39, 0.29) is 6.04 Å². The molecule has 0 aliphatic rings. The minimum atomic E-state index is -0.0602. The van der Waals surface area contributed by atoms with Gasteiger partial charge in [0.05, 0.1) is 17.4 Å². The Labute approximate surface area is 214 Å². The molecule has 0 saturated heterocycles. The van der Waals surface area contributed by atoms with Gasteiger partial charge >= 0.3 is 0 Å². The van der Waals surface area contributed by atoms with Gasteiger partial charge in [-0.3, -0.25) is 4.98 Å². The van der Waals surface area contributed by atoms with Gasteiger partial charge in [-0.05, 0) is 52.4 Å². The molecule has 0 fully saturated rings. The average molecular weight is 469 g/mol. The van der Waals surface area contributed by atoms with Crippen molar-refractivity contribution in [3.8, 4) is 22.4 Å². The first-order chi connectivity index (χ1) is 17.6. The van der Waals surface area contributed by atoms with Gasteiger partial charge < -0.3 is 4.90 Å². The standard InChI is InChI=1S/C34H32N2/c1-25(2)26-21-23-29(24-22-26)36(3)34(31-18-11-10-17-30(31)27-13-6-4-7-14-27)33-20-12-19-32(35-33)28-15-8-5-9-16-28/h4-25,34H,1-3H3. The smallest absolute Gasteiger partial charge is 0.0969 e. The minimum Gasteiger partial charge on any atom is -0.362 e. The highest BCUT2D eigenvalue weighted by Crippen LogP contribution is 2.37. The highest BCUT2D eigenvalue weighted by molar-refractivity contribution is 5.70. The Kier molecular flexibility index (Phi) is 6.95. The highest BCUT2D eigenvalue weighted by Gasteiger charge is 2.25. The predicted molar refractivity (Wildman–Crippen MR) is 152 cm³/mol. The van der Waals surface area contributed by atoms with Gasteiger partial charge in [0.2, 0.25) is 0 Å². The lowest BCUT2D eigenvalue weighted by Crippen LogP contribution is -2.26. The molecule has 0 spiro atoms. The van der Waals surface area contributed by atoms with Gasteiger partial charge in [-0.25, -0.2) is 0 Å². The summed E-state index contributed by atoms with van der Waals surface area (Å²) in [5.41, 5.74) is 9.31. The van der Waals surface area contributed by atoms with Crippen LogP contribution >= 0.6 is 0 Å². The van der Waals surface area contributed by atoms with Gasteiger partial charge in [-0.2, -0.15) is 0 Å². The van der Waals surface area contributed by atoms with Crippen molar-refractivity contribution >= 4 is 5.69 Å².